The highest BCUT2D eigenvalue weighted by Gasteiger charge is 2.24. The third-order valence-electron chi connectivity index (χ3n) is 6.19. The minimum absolute atomic E-state index is 0.00458. The highest BCUT2D eigenvalue weighted by molar-refractivity contribution is 7.18. The lowest BCUT2D eigenvalue weighted by molar-refractivity contribution is 0.0378. The predicted octanol–water partition coefficient (Wildman–Crippen LogP) is 3.22. The van der Waals surface area contributed by atoms with E-state index >= 15 is 0 Å². The van der Waals surface area contributed by atoms with Gasteiger partial charge in [-0.2, -0.15) is 0 Å². The van der Waals surface area contributed by atoms with Gasteiger partial charge in [-0.05, 0) is 56.3 Å². The fourth-order valence-electron chi connectivity index (χ4n) is 4.45. The fraction of sp³-hybridized carbons (Fsp3) is 0.478. The van der Waals surface area contributed by atoms with Crippen LogP contribution in [-0.2, 0) is 17.7 Å². The average molecular weight is 474 g/mol. The molecule has 1 saturated heterocycles. The lowest BCUT2D eigenvalue weighted by Gasteiger charge is -2.26. The lowest BCUT2D eigenvalue weighted by atomic mass is 10.1. The third-order valence-corrected chi connectivity index (χ3v) is 7.55. The van der Waals surface area contributed by atoms with Crippen molar-refractivity contribution in [3.63, 3.8) is 0 Å². The van der Waals surface area contributed by atoms with Crippen molar-refractivity contribution in [3.05, 3.63) is 50.1 Å². The molecule has 0 amide bonds. The number of hydrogen-bond acceptors (Lipinski definition) is 7. The highest BCUT2D eigenvalue weighted by atomic mass is 35.5. The average Bonchev–Trinajstić information content (AvgIpc) is 3.16. The standard InChI is InChI=1S/C23H28ClN5O2S/c1-27-10-7-18-19(15-27)32-21-20(18)22(30)29(17-5-3-16(24)4-6-17)23(26-21)25-8-2-9-28-11-13-31-14-12-28/h3-6H,2,7-15H2,1H3,(H,25,26). The largest absolute Gasteiger partial charge is 0.379 e. The molecule has 170 valence electrons. The van der Waals surface area contributed by atoms with E-state index in [9.17, 15) is 4.79 Å². The first-order chi connectivity index (χ1) is 15.6. The Hall–Kier alpha value is -1.97. The van der Waals surface area contributed by atoms with Crippen LogP contribution < -0.4 is 10.9 Å². The highest BCUT2D eigenvalue weighted by Crippen LogP contribution is 2.33. The number of aromatic nitrogens is 2. The monoisotopic (exact) mass is 473 g/mol. The van der Waals surface area contributed by atoms with Crippen molar-refractivity contribution < 1.29 is 4.74 Å². The van der Waals surface area contributed by atoms with Crippen molar-refractivity contribution in [2.75, 3.05) is 58.3 Å². The van der Waals surface area contributed by atoms with Crippen molar-refractivity contribution in [3.8, 4) is 5.69 Å². The zero-order valence-electron chi connectivity index (χ0n) is 18.3. The van der Waals surface area contributed by atoms with Crippen LogP contribution in [0.4, 0.5) is 5.95 Å². The number of rotatable bonds is 6. The molecule has 0 spiro atoms. The van der Waals surface area contributed by atoms with Gasteiger partial charge >= 0.3 is 0 Å². The molecule has 0 saturated carbocycles. The summed E-state index contributed by atoms with van der Waals surface area (Å²) in [5, 5.41) is 4.86. The second-order valence-electron chi connectivity index (χ2n) is 8.46. The van der Waals surface area contributed by atoms with E-state index in [2.05, 4.69) is 22.2 Å². The van der Waals surface area contributed by atoms with E-state index in [1.165, 1.54) is 10.4 Å². The summed E-state index contributed by atoms with van der Waals surface area (Å²) < 4.78 is 7.13. The van der Waals surface area contributed by atoms with Gasteiger partial charge in [0, 0.05) is 42.6 Å². The number of hydrogen-bond donors (Lipinski definition) is 1. The van der Waals surface area contributed by atoms with E-state index in [-0.39, 0.29) is 5.56 Å². The van der Waals surface area contributed by atoms with E-state index < -0.39 is 0 Å². The number of nitrogens with one attached hydrogen (secondary N) is 1. The molecular weight excluding hydrogens is 446 g/mol. The molecule has 0 unspecified atom stereocenters. The minimum Gasteiger partial charge on any atom is -0.379 e. The number of nitrogens with zero attached hydrogens (tertiary/aromatic N) is 4. The van der Waals surface area contributed by atoms with E-state index in [0.29, 0.717) is 11.0 Å². The van der Waals surface area contributed by atoms with Gasteiger partial charge in [0.1, 0.15) is 4.83 Å². The first-order valence-corrected chi connectivity index (χ1v) is 12.4. The molecule has 2 aromatic heterocycles. The molecule has 0 bridgehead atoms. The summed E-state index contributed by atoms with van der Waals surface area (Å²) in [4.78, 5) is 25.5. The molecule has 5 rings (SSSR count). The molecule has 2 aliphatic heterocycles. The minimum atomic E-state index is -0.00458. The van der Waals surface area contributed by atoms with E-state index in [0.717, 1.165) is 81.2 Å². The van der Waals surface area contributed by atoms with Gasteiger partial charge in [-0.1, -0.05) is 11.6 Å². The van der Waals surface area contributed by atoms with Gasteiger partial charge in [0.15, 0.2) is 0 Å². The Labute approximate surface area is 196 Å². The van der Waals surface area contributed by atoms with Crippen LogP contribution in [0.3, 0.4) is 0 Å². The third kappa shape index (κ3) is 4.43. The van der Waals surface area contributed by atoms with Crippen molar-refractivity contribution >= 4 is 39.1 Å². The number of morpholine rings is 1. The first kappa shape index (κ1) is 21.9. The zero-order chi connectivity index (χ0) is 22.1. The van der Waals surface area contributed by atoms with Crippen LogP contribution in [0.15, 0.2) is 29.1 Å². The SMILES string of the molecule is CN1CCc2c(sc3nc(NCCCN4CCOCC4)n(-c4ccc(Cl)cc4)c(=O)c23)C1. The number of anilines is 1. The van der Waals surface area contributed by atoms with Crippen LogP contribution in [0, 0.1) is 0 Å². The Bertz CT molecular complexity index is 1150. The summed E-state index contributed by atoms with van der Waals surface area (Å²) in [5.74, 6) is 0.596. The topological polar surface area (TPSA) is 62.6 Å². The van der Waals surface area contributed by atoms with Crippen molar-refractivity contribution in [1.82, 2.24) is 19.4 Å². The summed E-state index contributed by atoms with van der Waals surface area (Å²) in [5.41, 5.74) is 1.94. The van der Waals surface area contributed by atoms with E-state index in [4.69, 9.17) is 21.3 Å². The normalized spacial score (nSPS) is 17.6. The maximum atomic E-state index is 13.8. The smallest absolute Gasteiger partial charge is 0.268 e. The Morgan fingerprint density at radius 1 is 1.19 bits per heavy atom. The maximum absolute atomic E-state index is 13.8. The van der Waals surface area contributed by atoms with Gasteiger partial charge in [-0.25, -0.2) is 9.55 Å². The summed E-state index contributed by atoms with van der Waals surface area (Å²) in [6, 6.07) is 7.38. The quantitative estimate of drug-likeness (QED) is 0.555. The summed E-state index contributed by atoms with van der Waals surface area (Å²) >= 11 is 7.76. The summed E-state index contributed by atoms with van der Waals surface area (Å²) in [6.45, 7) is 7.16. The zero-order valence-corrected chi connectivity index (χ0v) is 19.8. The molecule has 0 aliphatic carbocycles. The number of thiophene rings is 1. The van der Waals surface area contributed by atoms with Crippen LogP contribution >= 0.6 is 22.9 Å². The van der Waals surface area contributed by atoms with Gasteiger partial charge in [-0.3, -0.25) is 9.69 Å². The van der Waals surface area contributed by atoms with Crippen molar-refractivity contribution in [2.24, 2.45) is 0 Å². The van der Waals surface area contributed by atoms with E-state index in [1.807, 2.05) is 24.3 Å². The second kappa shape index (κ2) is 9.49. The molecule has 9 heteroatoms. The Balaban J connectivity index is 1.47. The second-order valence-corrected chi connectivity index (χ2v) is 9.98. The Kier molecular flexibility index (Phi) is 6.48. The van der Waals surface area contributed by atoms with Gasteiger partial charge in [0.25, 0.3) is 5.56 Å². The molecule has 7 nitrogen and oxygen atoms in total. The Morgan fingerprint density at radius 3 is 2.75 bits per heavy atom. The van der Waals surface area contributed by atoms with E-state index in [1.54, 1.807) is 15.9 Å². The lowest BCUT2D eigenvalue weighted by Crippen LogP contribution is -2.37. The summed E-state index contributed by atoms with van der Waals surface area (Å²) in [7, 11) is 2.12. The van der Waals surface area contributed by atoms with Crippen LogP contribution in [0.25, 0.3) is 15.9 Å². The molecule has 0 atom stereocenters. The molecule has 4 heterocycles. The molecule has 1 N–H and O–H groups in total. The summed E-state index contributed by atoms with van der Waals surface area (Å²) in [6.07, 6.45) is 1.86. The first-order valence-electron chi connectivity index (χ1n) is 11.2. The molecule has 3 aromatic rings. The molecule has 32 heavy (non-hydrogen) atoms. The van der Waals surface area contributed by atoms with Crippen LogP contribution in [0.2, 0.25) is 5.02 Å². The molecule has 2 aliphatic rings. The maximum Gasteiger partial charge on any atom is 0.268 e. The number of likely N-dealkylation sites (N-methyl/N-ethyl adjacent to an activating group) is 1. The van der Waals surface area contributed by atoms with Crippen LogP contribution in [0.1, 0.15) is 16.9 Å². The van der Waals surface area contributed by atoms with Crippen molar-refractivity contribution in [2.45, 2.75) is 19.4 Å². The van der Waals surface area contributed by atoms with Gasteiger partial charge < -0.3 is 15.0 Å². The molecule has 1 aromatic carbocycles. The fourth-order valence-corrected chi connectivity index (χ4v) is 5.86. The van der Waals surface area contributed by atoms with Gasteiger partial charge in [0.05, 0.1) is 24.3 Å². The number of halogens is 1. The van der Waals surface area contributed by atoms with Crippen molar-refractivity contribution in [1.29, 1.82) is 0 Å². The predicted molar refractivity (Wildman–Crippen MR) is 131 cm³/mol. The Morgan fingerprint density at radius 2 is 1.97 bits per heavy atom. The molecule has 1 fully saturated rings. The number of benzene rings is 1. The van der Waals surface area contributed by atoms with Crippen LogP contribution in [0.5, 0.6) is 0 Å². The molecule has 0 radical (unpaired) electrons. The van der Waals surface area contributed by atoms with Crippen LogP contribution in [-0.4, -0.2) is 72.3 Å². The number of fused-ring (bicyclic) bond motifs is 3. The molecular formula is C23H28ClN5O2S. The number of ether oxygens (including phenoxy) is 1. The van der Waals surface area contributed by atoms with Gasteiger partial charge in [0.2, 0.25) is 5.95 Å². The van der Waals surface area contributed by atoms with Gasteiger partial charge in [-0.15, -0.1) is 11.3 Å².